The number of carbonyl (C=O) groups excluding carboxylic acids is 3. The summed E-state index contributed by atoms with van der Waals surface area (Å²) in [5, 5.41) is 0. The van der Waals surface area contributed by atoms with Gasteiger partial charge in [-0.15, -0.1) is 0 Å². The number of carbonyl (C=O) groups is 3. The monoisotopic (exact) mass is 1170 g/mol. The number of rotatable bonds is 70. The highest BCUT2D eigenvalue weighted by atomic mass is 16.6. The average Bonchev–Trinajstić information content (AvgIpc) is 3.50. The quantitative estimate of drug-likeness (QED) is 0.0261. The Kier molecular flexibility index (Phi) is 70.0. The van der Waals surface area contributed by atoms with Crippen LogP contribution < -0.4 is 0 Å². The predicted molar refractivity (Wildman–Crippen MR) is 362 cm³/mol. The second-order valence-electron chi connectivity index (χ2n) is 25.6. The summed E-state index contributed by atoms with van der Waals surface area (Å²) in [5.41, 5.74) is 0. The molecule has 0 amide bonds. The second-order valence-corrected chi connectivity index (χ2v) is 25.6. The molecule has 0 aromatic heterocycles. The summed E-state index contributed by atoms with van der Waals surface area (Å²) in [6, 6.07) is 0. The summed E-state index contributed by atoms with van der Waals surface area (Å²) in [6.07, 6.45) is 90.4. The molecule has 0 fully saturated rings. The van der Waals surface area contributed by atoms with Crippen molar-refractivity contribution in [3.63, 3.8) is 0 Å². The molecular formula is C77H144O6. The molecule has 0 aromatic carbocycles. The molecule has 0 saturated carbocycles. The van der Waals surface area contributed by atoms with Gasteiger partial charge in [0.1, 0.15) is 13.2 Å². The van der Waals surface area contributed by atoms with Crippen LogP contribution in [0.4, 0.5) is 0 Å². The molecule has 1 unspecified atom stereocenters. The lowest BCUT2D eigenvalue weighted by molar-refractivity contribution is -0.167. The van der Waals surface area contributed by atoms with Gasteiger partial charge in [0.05, 0.1) is 0 Å². The van der Waals surface area contributed by atoms with Gasteiger partial charge in [0.2, 0.25) is 0 Å². The maximum atomic E-state index is 13.0. The van der Waals surface area contributed by atoms with Crippen molar-refractivity contribution in [2.24, 2.45) is 0 Å². The van der Waals surface area contributed by atoms with Gasteiger partial charge in [0.15, 0.2) is 6.10 Å². The van der Waals surface area contributed by atoms with Gasteiger partial charge < -0.3 is 14.2 Å². The van der Waals surface area contributed by atoms with Gasteiger partial charge in [0.25, 0.3) is 0 Å². The van der Waals surface area contributed by atoms with Crippen molar-refractivity contribution >= 4 is 17.9 Å². The van der Waals surface area contributed by atoms with E-state index in [4.69, 9.17) is 14.2 Å². The van der Waals surface area contributed by atoms with Crippen LogP contribution in [-0.2, 0) is 28.6 Å². The van der Waals surface area contributed by atoms with Gasteiger partial charge in [-0.25, -0.2) is 0 Å². The Bertz CT molecular complexity index is 1380. The largest absolute Gasteiger partial charge is 0.462 e. The first-order valence-electron chi connectivity index (χ1n) is 37.5. The lowest BCUT2D eigenvalue weighted by atomic mass is 10.0. The first-order chi connectivity index (χ1) is 41.0. The normalized spacial score (nSPS) is 12.2. The van der Waals surface area contributed by atoms with E-state index in [0.29, 0.717) is 19.3 Å². The van der Waals surface area contributed by atoms with E-state index in [1.807, 2.05) is 0 Å². The van der Waals surface area contributed by atoms with E-state index in [1.54, 1.807) is 0 Å². The lowest BCUT2D eigenvalue weighted by Gasteiger charge is -2.18. The third kappa shape index (κ3) is 70.3. The topological polar surface area (TPSA) is 78.9 Å². The van der Waals surface area contributed by atoms with Crippen LogP contribution in [0.3, 0.4) is 0 Å². The minimum absolute atomic E-state index is 0.0703. The van der Waals surface area contributed by atoms with Crippen molar-refractivity contribution in [1.29, 1.82) is 0 Å². The van der Waals surface area contributed by atoms with Crippen molar-refractivity contribution in [2.75, 3.05) is 13.2 Å². The van der Waals surface area contributed by atoms with E-state index >= 15 is 0 Å². The Morgan fingerprint density at radius 2 is 0.434 bits per heavy atom. The Morgan fingerprint density at radius 1 is 0.241 bits per heavy atom. The van der Waals surface area contributed by atoms with Gasteiger partial charge in [-0.3, -0.25) is 14.4 Å². The fourth-order valence-electron chi connectivity index (χ4n) is 11.5. The standard InChI is InChI=1S/C77H144O6/c1-4-7-10-13-16-19-22-25-28-31-33-35-37-38-39-41-42-44-46-49-52-55-58-61-64-67-70-76(79)82-73-74(72-81-75(78)69-66-63-60-57-54-51-48-30-27-24-21-18-15-12-9-6-3)83-77(80)71-68-65-62-59-56-53-50-47-45-43-40-36-34-32-29-26-23-20-17-14-11-8-5-2/h23,26,30,32,34,48,74H,4-22,24-25,27-29,31,33,35-47,49-73H2,1-3H3/b26-23-,34-32-,48-30-. The number of esters is 3. The first-order valence-corrected chi connectivity index (χ1v) is 37.5. The summed E-state index contributed by atoms with van der Waals surface area (Å²) in [5.74, 6) is -0.849. The molecule has 0 radical (unpaired) electrons. The summed E-state index contributed by atoms with van der Waals surface area (Å²) in [7, 11) is 0. The maximum absolute atomic E-state index is 13.0. The molecule has 1 atom stereocenters. The van der Waals surface area contributed by atoms with E-state index in [0.717, 1.165) is 70.6 Å². The maximum Gasteiger partial charge on any atom is 0.306 e. The van der Waals surface area contributed by atoms with Crippen LogP contribution in [0.5, 0.6) is 0 Å². The summed E-state index contributed by atoms with van der Waals surface area (Å²) in [6.45, 7) is 6.70. The summed E-state index contributed by atoms with van der Waals surface area (Å²) >= 11 is 0. The highest BCUT2D eigenvalue weighted by Gasteiger charge is 2.20. The van der Waals surface area contributed by atoms with E-state index in [1.165, 1.54) is 308 Å². The van der Waals surface area contributed by atoms with Gasteiger partial charge >= 0.3 is 17.9 Å². The van der Waals surface area contributed by atoms with Crippen molar-refractivity contribution in [3.8, 4) is 0 Å². The number of allylic oxidation sites excluding steroid dienone is 6. The molecule has 0 N–H and O–H groups in total. The minimum atomic E-state index is -0.776. The Labute approximate surface area is 518 Å². The number of ether oxygens (including phenoxy) is 3. The van der Waals surface area contributed by atoms with Gasteiger partial charge in [-0.2, -0.15) is 0 Å². The van der Waals surface area contributed by atoms with Gasteiger partial charge in [0, 0.05) is 19.3 Å². The van der Waals surface area contributed by atoms with Crippen molar-refractivity contribution < 1.29 is 28.6 Å². The van der Waals surface area contributed by atoms with Crippen LogP contribution >= 0.6 is 0 Å². The third-order valence-corrected chi connectivity index (χ3v) is 17.1. The van der Waals surface area contributed by atoms with Crippen LogP contribution in [-0.4, -0.2) is 37.2 Å². The molecule has 0 aromatic rings. The zero-order chi connectivity index (χ0) is 59.9. The molecule has 0 saturated heterocycles. The van der Waals surface area contributed by atoms with E-state index in [9.17, 15) is 14.4 Å². The Hall–Kier alpha value is -2.37. The molecule has 0 rings (SSSR count). The Morgan fingerprint density at radius 3 is 0.675 bits per heavy atom. The highest BCUT2D eigenvalue weighted by Crippen LogP contribution is 2.19. The molecule has 488 valence electrons. The molecule has 0 spiro atoms. The Balaban J connectivity index is 4.27. The summed E-state index contributed by atoms with van der Waals surface area (Å²) < 4.78 is 17.0. The molecule has 0 heterocycles. The third-order valence-electron chi connectivity index (χ3n) is 17.1. The lowest BCUT2D eigenvalue weighted by Crippen LogP contribution is -2.30. The van der Waals surface area contributed by atoms with Crippen molar-refractivity contribution in [3.05, 3.63) is 36.5 Å². The number of hydrogen-bond acceptors (Lipinski definition) is 6. The van der Waals surface area contributed by atoms with Gasteiger partial charge in [-0.05, 0) is 77.0 Å². The first kappa shape index (κ1) is 80.6. The van der Waals surface area contributed by atoms with Gasteiger partial charge in [-0.1, -0.05) is 359 Å². The zero-order valence-electron chi connectivity index (χ0n) is 56.2. The van der Waals surface area contributed by atoms with Crippen LogP contribution in [0, 0.1) is 0 Å². The fraction of sp³-hybridized carbons (Fsp3) is 0.883. The molecule has 0 aliphatic heterocycles. The zero-order valence-corrected chi connectivity index (χ0v) is 56.2. The average molecular weight is 1170 g/mol. The molecule has 83 heavy (non-hydrogen) atoms. The highest BCUT2D eigenvalue weighted by molar-refractivity contribution is 5.71. The smallest absolute Gasteiger partial charge is 0.306 e. The molecule has 0 bridgehead atoms. The molecule has 6 nitrogen and oxygen atoms in total. The molecule has 6 heteroatoms. The fourth-order valence-corrected chi connectivity index (χ4v) is 11.5. The van der Waals surface area contributed by atoms with Crippen LogP contribution in [0.25, 0.3) is 0 Å². The predicted octanol–water partition coefficient (Wildman–Crippen LogP) is 25.9. The van der Waals surface area contributed by atoms with Crippen molar-refractivity contribution in [1.82, 2.24) is 0 Å². The van der Waals surface area contributed by atoms with Crippen LogP contribution in [0.1, 0.15) is 419 Å². The van der Waals surface area contributed by atoms with E-state index in [-0.39, 0.29) is 31.1 Å². The minimum Gasteiger partial charge on any atom is -0.462 e. The molecular weight excluding hydrogens is 1020 g/mol. The second kappa shape index (κ2) is 72.1. The SMILES string of the molecule is CCCCCCC/C=C\C/C=C\CCCCCCCCCCCCCC(=O)OC(COC(=O)CCCCCCC/C=C\CCCCCCCCC)COC(=O)CCCCCCCCCCCCCCCCCCCCCCCCCCCC. The molecule has 0 aliphatic carbocycles. The van der Waals surface area contributed by atoms with Crippen LogP contribution in [0.15, 0.2) is 36.5 Å². The summed E-state index contributed by atoms with van der Waals surface area (Å²) in [4.78, 5) is 38.5. The van der Waals surface area contributed by atoms with Crippen molar-refractivity contribution in [2.45, 2.75) is 425 Å². The van der Waals surface area contributed by atoms with E-state index in [2.05, 4.69) is 57.2 Å². The van der Waals surface area contributed by atoms with Crippen LogP contribution in [0.2, 0.25) is 0 Å². The number of unbranched alkanes of at least 4 members (excludes halogenated alkanes) is 53. The molecule has 0 aliphatic rings. The number of hydrogen-bond donors (Lipinski definition) is 0. The van der Waals surface area contributed by atoms with E-state index < -0.39 is 6.10 Å².